The molecule has 0 aliphatic carbocycles. The van der Waals surface area contributed by atoms with Gasteiger partial charge >= 0.3 is 0 Å². The van der Waals surface area contributed by atoms with E-state index < -0.39 is 0 Å². The Labute approximate surface area is 189 Å². The maximum atomic E-state index is 13.3. The maximum absolute atomic E-state index is 13.3. The lowest BCUT2D eigenvalue weighted by molar-refractivity contribution is 0.573. The van der Waals surface area contributed by atoms with E-state index in [-0.39, 0.29) is 5.82 Å². The zero-order valence-corrected chi connectivity index (χ0v) is 18.8. The Morgan fingerprint density at radius 3 is 2.75 bits per heavy atom. The lowest BCUT2D eigenvalue weighted by Gasteiger charge is -2.28. The first-order valence-electron chi connectivity index (χ1n) is 10.9. The van der Waals surface area contributed by atoms with Crippen LogP contribution in [-0.2, 0) is 6.42 Å². The van der Waals surface area contributed by atoms with E-state index >= 15 is 0 Å². The number of anilines is 3. The summed E-state index contributed by atoms with van der Waals surface area (Å²) in [5.74, 6) is 1.68. The molecule has 1 aromatic carbocycles. The van der Waals surface area contributed by atoms with Crippen molar-refractivity contribution in [2.45, 2.75) is 31.8 Å². The highest BCUT2D eigenvalue weighted by Gasteiger charge is 2.38. The Balaban J connectivity index is 1.38. The largest absolute Gasteiger partial charge is 0.349 e. The van der Waals surface area contributed by atoms with E-state index in [4.69, 9.17) is 15.1 Å². The van der Waals surface area contributed by atoms with E-state index in [2.05, 4.69) is 34.2 Å². The smallest absolute Gasteiger partial charge is 0.191 e. The number of fused-ring (bicyclic) bond motifs is 3. The summed E-state index contributed by atoms with van der Waals surface area (Å²) in [5, 5.41) is 11.4. The molecule has 7 nitrogen and oxygen atoms in total. The number of thiazole rings is 1. The molecular formula is C23H24FN7S. The molecular weight excluding hydrogens is 425 g/mol. The number of aryl methyl sites for hydroxylation is 1. The van der Waals surface area contributed by atoms with Crippen LogP contribution in [0, 0.1) is 5.82 Å². The lowest BCUT2D eigenvalue weighted by Crippen LogP contribution is -2.44. The number of hydrogen-bond acceptors (Lipinski definition) is 7. The SMILES string of the molecule is CCc1nc2ccc(N3C[C@@H]4C[C@@H]3CN4)nn2c1N(C)c1nc(-c2ccc(F)cc2)cs1. The van der Waals surface area contributed by atoms with Crippen molar-refractivity contribution < 1.29 is 4.39 Å². The molecule has 0 amide bonds. The minimum Gasteiger partial charge on any atom is -0.349 e. The number of halogens is 1. The molecule has 0 saturated carbocycles. The van der Waals surface area contributed by atoms with Crippen molar-refractivity contribution in [3.05, 3.63) is 53.3 Å². The van der Waals surface area contributed by atoms with Crippen molar-refractivity contribution in [1.29, 1.82) is 0 Å². The summed E-state index contributed by atoms with van der Waals surface area (Å²) in [6.45, 7) is 4.13. The third-order valence-electron chi connectivity index (χ3n) is 6.43. The Morgan fingerprint density at radius 2 is 2.03 bits per heavy atom. The molecule has 2 aliphatic rings. The predicted octanol–water partition coefficient (Wildman–Crippen LogP) is 3.87. The van der Waals surface area contributed by atoms with Crippen LogP contribution in [0.3, 0.4) is 0 Å². The summed E-state index contributed by atoms with van der Waals surface area (Å²) in [6, 6.07) is 11.7. The van der Waals surface area contributed by atoms with E-state index in [1.165, 1.54) is 18.6 Å². The molecule has 2 saturated heterocycles. The minimum absolute atomic E-state index is 0.247. The average molecular weight is 450 g/mol. The summed E-state index contributed by atoms with van der Waals surface area (Å²) in [6.07, 6.45) is 1.98. The van der Waals surface area contributed by atoms with Gasteiger partial charge < -0.3 is 15.1 Å². The number of nitrogens with zero attached hydrogens (tertiary/aromatic N) is 6. The van der Waals surface area contributed by atoms with Crippen LogP contribution in [0.25, 0.3) is 16.9 Å². The van der Waals surface area contributed by atoms with Gasteiger partial charge in [-0.25, -0.2) is 14.4 Å². The van der Waals surface area contributed by atoms with Crippen molar-refractivity contribution in [1.82, 2.24) is 24.9 Å². The van der Waals surface area contributed by atoms with E-state index in [1.54, 1.807) is 23.5 Å². The molecule has 164 valence electrons. The van der Waals surface area contributed by atoms with Gasteiger partial charge in [-0.2, -0.15) is 4.52 Å². The first kappa shape index (κ1) is 19.6. The Hall–Kier alpha value is -3.04. The second-order valence-electron chi connectivity index (χ2n) is 8.43. The number of benzene rings is 1. The van der Waals surface area contributed by atoms with Crippen LogP contribution in [0.1, 0.15) is 19.0 Å². The zero-order chi connectivity index (χ0) is 21.8. The fraction of sp³-hybridized carbons (Fsp3) is 0.348. The van der Waals surface area contributed by atoms with Crippen LogP contribution in [0.15, 0.2) is 41.8 Å². The normalized spacial score (nSPS) is 19.9. The van der Waals surface area contributed by atoms with Gasteiger partial charge in [0.25, 0.3) is 0 Å². The van der Waals surface area contributed by atoms with Crippen LogP contribution < -0.4 is 15.1 Å². The summed E-state index contributed by atoms with van der Waals surface area (Å²) >= 11 is 1.56. The van der Waals surface area contributed by atoms with Gasteiger partial charge in [0, 0.05) is 43.2 Å². The molecule has 0 spiro atoms. The number of imidazole rings is 1. The Kier molecular flexibility index (Phi) is 4.62. The number of nitrogens with one attached hydrogen (secondary N) is 1. The highest BCUT2D eigenvalue weighted by molar-refractivity contribution is 7.14. The van der Waals surface area contributed by atoms with Gasteiger partial charge in [0.2, 0.25) is 0 Å². The van der Waals surface area contributed by atoms with E-state index in [0.717, 1.165) is 58.9 Å². The van der Waals surface area contributed by atoms with Crippen LogP contribution in [-0.4, -0.2) is 51.8 Å². The van der Waals surface area contributed by atoms with Crippen molar-refractivity contribution in [3.63, 3.8) is 0 Å². The molecule has 2 atom stereocenters. The van der Waals surface area contributed by atoms with Gasteiger partial charge in [-0.15, -0.1) is 16.4 Å². The number of hydrogen-bond donors (Lipinski definition) is 1. The van der Waals surface area contributed by atoms with E-state index in [0.29, 0.717) is 12.1 Å². The third-order valence-corrected chi connectivity index (χ3v) is 7.35. The molecule has 0 radical (unpaired) electrons. The molecule has 6 rings (SSSR count). The standard InChI is InChI=1S/C23H24FN7S/c1-3-18-22(29(2)23-27-19(13-32-23)14-4-6-15(24)7-5-14)31-20(26-18)8-9-21(28-31)30-12-16-10-17(30)11-25-16/h4-9,13,16-17,25H,3,10-12H2,1-2H3/t16-,17+/m0/s1. The highest BCUT2D eigenvalue weighted by atomic mass is 32.1. The molecule has 5 heterocycles. The van der Waals surface area contributed by atoms with E-state index in [9.17, 15) is 4.39 Å². The van der Waals surface area contributed by atoms with Gasteiger partial charge in [-0.1, -0.05) is 6.92 Å². The second-order valence-corrected chi connectivity index (χ2v) is 9.26. The predicted molar refractivity (Wildman–Crippen MR) is 125 cm³/mol. The zero-order valence-electron chi connectivity index (χ0n) is 18.0. The fourth-order valence-electron chi connectivity index (χ4n) is 4.79. The van der Waals surface area contributed by atoms with Crippen molar-refractivity contribution in [3.8, 4) is 11.3 Å². The van der Waals surface area contributed by atoms with Crippen LogP contribution in [0.5, 0.6) is 0 Å². The second kappa shape index (κ2) is 7.53. The average Bonchev–Trinajstić information content (AvgIpc) is 3.61. The number of piperazine rings is 1. The third kappa shape index (κ3) is 3.15. The van der Waals surface area contributed by atoms with Crippen LogP contribution in [0.4, 0.5) is 21.2 Å². The molecule has 2 bridgehead atoms. The van der Waals surface area contributed by atoms with Crippen molar-refractivity contribution in [2.75, 3.05) is 29.9 Å². The monoisotopic (exact) mass is 449 g/mol. The number of rotatable bonds is 5. The fourth-order valence-corrected chi connectivity index (χ4v) is 5.59. The first-order chi connectivity index (χ1) is 15.6. The lowest BCUT2D eigenvalue weighted by atomic mass is 10.2. The molecule has 4 aromatic rings. The molecule has 9 heteroatoms. The maximum Gasteiger partial charge on any atom is 0.191 e. The van der Waals surface area contributed by atoms with Crippen LogP contribution >= 0.6 is 11.3 Å². The molecule has 0 unspecified atom stereocenters. The van der Waals surface area contributed by atoms with Gasteiger partial charge in [-0.05, 0) is 49.2 Å². The highest BCUT2D eigenvalue weighted by Crippen LogP contribution is 2.34. The van der Waals surface area contributed by atoms with Gasteiger partial charge in [-0.3, -0.25) is 0 Å². The van der Waals surface area contributed by atoms with Gasteiger partial charge in [0.15, 0.2) is 16.6 Å². The topological polar surface area (TPSA) is 61.6 Å². The summed E-state index contributed by atoms with van der Waals surface area (Å²) in [4.78, 5) is 14.1. The van der Waals surface area contributed by atoms with Gasteiger partial charge in [0.1, 0.15) is 11.6 Å². The molecule has 3 aromatic heterocycles. The number of aromatic nitrogens is 4. The van der Waals surface area contributed by atoms with Crippen LogP contribution in [0.2, 0.25) is 0 Å². The molecule has 32 heavy (non-hydrogen) atoms. The molecule has 2 fully saturated rings. The Bertz CT molecular complexity index is 1280. The molecule has 2 aliphatic heterocycles. The van der Waals surface area contributed by atoms with Crippen molar-refractivity contribution in [2.24, 2.45) is 0 Å². The summed E-state index contributed by atoms with van der Waals surface area (Å²) in [5.41, 5.74) is 3.55. The first-order valence-corrected chi connectivity index (χ1v) is 11.8. The summed E-state index contributed by atoms with van der Waals surface area (Å²) in [7, 11) is 2.01. The quantitative estimate of drug-likeness (QED) is 0.499. The van der Waals surface area contributed by atoms with E-state index in [1.807, 2.05) is 16.9 Å². The molecule has 1 N–H and O–H groups in total. The van der Waals surface area contributed by atoms with Gasteiger partial charge in [0.05, 0.1) is 11.4 Å². The Morgan fingerprint density at radius 1 is 1.19 bits per heavy atom. The van der Waals surface area contributed by atoms with Crippen molar-refractivity contribution >= 4 is 33.8 Å². The minimum atomic E-state index is -0.247. The summed E-state index contributed by atoms with van der Waals surface area (Å²) < 4.78 is 15.2.